The maximum atomic E-state index is 13.4. The maximum Gasteiger partial charge on any atom is 0.254 e. The van der Waals surface area contributed by atoms with Gasteiger partial charge >= 0.3 is 0 Å². The molecule has 1 amide bonds. The molecule has 170 valence electrons. The average molecular weight is 441 g/mol. The van der Waals surface area contributed by atoms with Gasteiger partial charge in [-0.25, -0.2) is 0 Å². The van der Waals surface area contributed by atoms with E-state index in [0.29, 0.717) is 23.4 Å². The molecule has 2 fully saturated rings. The van der Waals surface area contributed by atoms with Gasteiger partial charge in [0.25, 0.3) is 5.91 Å². The topological polar surface area (TPSA) is 32.8 Å². The number of amides is 1. The molecule has 2 aliphatic rings. The van der Waals surface area contributed by atoms with Gasteiger partial charge in [-0.2, -0.15) is 0 Å². The van der Waals surface area contributed by atoms with E-state index >= 15 is 0 Å². The van der Waals surface area contributed by atoms with E-state index in [2.05, 4.69) is 65.6 Å². The normalized spacial score (nSPS) is 21.8. The second-order valence-electron chi connectivity index (χ2n) is 9.25. The summed E-state index contributed by atoms with van der Waals surface area (Å²) in [4.78, 5) is 18.1. The number of likely N-dealkylation sites (tertiary alicyclic amines) is 2. The average Bonchev–Trinajstić information content (AvgIpc) is 3.35. The van der Waals surface area contributed by atoms with Crippen molar-refractivity contribution in [3.05, 3.63) is 102 Å². The van der Waals surface area contributed by atoms with Crippen molar-refractivity contribution in [3.8, 4) is 5.75 Å². The van der Waals surface area contributed by atoms with Crippen LogP contribution >= 0.6 is 0 Å². The summed E-state index contributed by atoms with van der Waals surface area (Å²) in [6, 6.07) is 29.5. The van der Waals surface area contributed by atoms with Crippen molar-refractivity contribution in [2.24, 2.45) is 0 Å². The molecule has 0 spiro atoms. The van der Waals surface area contributed by atoms with Gasteiger partial charge in [0.1, 0.15) is 5.75 Å². The first kappa shape index (κ1) is 21.7. The van der Waals surface area contributed by atoms with E-state index in [9.17, 15) is 4.79 Å². The second-order valence-corrected chi connectivity index (χ2v) is 9.25. The summed E-state index contributed by atoms with van der Waals surface area (Å²) in [6.07, 6.45) is 2.34. The minimum absolute atomic E-state index is 0.0940. The van der Waals surface area contributed by atoms with Crippen molar-refractivity contribution in [1.29, 1.82) is 0 Å². The molecule has 5 rings (SSSR count). The summed E-state index contributed by atoms with van der Waals surface area (Å²) < 4.78 is 5.34. The van der Waals surface area contributed by atoms with Crippen LogP contribution in [0.4, 0.5) is 0 Å². The minimum atomic E-state index is 0.0940. The molecule has 2 aliphatic heterocycles. The Kier molecular flexibility index (Phi) is 6.45. The Hall–Kier alpha value is -3.11. The highest BCUT2D eigenvalue weighted by atomic mass is 16.5. The Morgan fingerprint density at radius 1 is 0.818 bits per heavy atom. The summed E-state index contributed by atoms with van der Waals surface area (Å²) in [6.45, 7) is 3.68. The number of rotatable bonds is 5. The standard InChI is InChI=1S/C29H32N2O2/c1-33-26-14-8-13-25(19-26)29(32)31-20-27(24-11-6-3-7-12-24)28(21-31)30-17-15-23(16-18-30)22-9-4-2-5-10-22/h2-14,19,23,27-28H,15-18,20-21H2,1H3/t27-,28+/m1/s1. The molecular formula is C29H32N2O2. The smallest absolute Gasteiger partial charge is 0.254 e. The summed E-state index contributed by atoms with van der Waals surface area (Å²) in [5, 5.41) is 0. The molecule has 0 saturated carbocycles. The van der Waals surface area contributed by atoms with Crippen LogP contribution in [0.15, 0.2) is 84.9 Å². The first-order valence-electron chi connectivity index (χ1n) is 12.0. The Bertz CT molecular complexity index is 1060. The zero-order valence-corrected chi connectivity index (χ0v) is 19.3. The van der Waals surface area contributed by atoms with E-state index < -0.39 is 0 Å². The highest BCUT2D eigenvalue weighted by Gasteiger charge is 2.40. The molecular weight excluding hydrogens is 408 g/mol. The number of hydrogen-bond donors (Lipinski definition) is 0. The lowest BCUT2D eigenvalue weighted by molar-refractivity contribution is 0.0769. The Balaban J connectivity index is 1.34. The SMILES string of the molecule is COc1cccc(C(=O)N2C[C@H](c3ccccc3)[C@@H](N3CCC(c4ccccc4)CC3)C2)c1. The van der Waals surface area contributed by atoms with Crippen molar-refractivity contribution < 1.29 is 9.53 Å². The number of methoxy groups -OCH3 is 1. The van der Waals surface area contributed by atoms with Gasteiger partial charge < -0.3 is 9.64 Å². The first-order chi connectivity index (χ1) is 16.2. The van der Waals surface area contributed by atoms with Crippen LogP contribution in [0.3, 0.4) is 0 Å². The number of carbonyl (C=O) groups is 1. The van der Waals surface area contributed by atoms with E-state index in [4.69, 9.17) is 4.74 Å². The maximum absolute atomic E-state index is 13.4. The van der Waals surface area contributed by atoms with Gasteiger partial charge in [0.15, 0.2) is 0 Å². The van der Waals surface area contributed by atoms with Crippen LogP contribution in [-0.4, -0.2) is 55.0 Å². The quantitative estimate of drug-likeness (QED) is 0.548. The Labute approximate surface area is 196 Å². The van der Waals surface area contributed by atoms with Crippen LogP contribution in [0, 0.1) is 0 Å². The molecule has 0 unspecified atom stereocenters. The molecule has 33 heavy (non-hydrogen) atoms. The molecule has 0 radical (unpaired) electrons. The number of nitrogens with zero attached hydrogens (tertiary/aromatic N) is 2. The van der Waals surface area contributed by atoms with Crippen molar-refractivity contribution >= 4 is 5.91 Å². The molecule has 2 atom stereocenters. The van der Waals surface area contributed by atoms with Gasteiger partial charge in [0.2, 0.25) is 0 Å². The Morgan fingerprint density at radius 3 is 2.15 bits per heavy atom. The number of carbonyl (C=O) groups excluding carboxylic acids is 1. The largest absolute Gasteiger partial charge is 0.497 e. The third-order valence-electron chi connectivity index (χ3n) is 7.39. The summed E-state index contributed by atoms with van der Waals surface area (Å²) in [5.74, 6) is 1.78. The minimum Gasteiger partial charge on any atom is -0.497 e. The fourth-order valence-corrected chi connectivity index (χ4v) is 5.58. The summed E-state index contributed by atoms with van der Waals surface area (Å²) >= 11 is 0. The van der Waals surface area contributed by atoms with Crippen LogP contribution in [0.1, 0.15) is 46.2 Å². The molecule has 0 N–H and O–H groups in total. The zero-order chi connectivity index (χ0) is 22.6. The van der Waals surface area contributed by atoms with Gasteiger partial charge in [-0.1, -0.05) is 66.7 Å². The molecule has 3 aromatic rings. The predicted molar refractivity (Wildman–Crippen MR) is 132 cm³/mol. The number of hydrogen-bond acceptors (Lipinski definition) is 3. The highest BCUT2D eigenvalue weighted by Crippen LogP contribution is 2.36. The third-order valence-corrected chi connectivity index (χ3v) is 7.39. The number of ether oxygens (including phenoxy) is 1. The molecule has 3 aromatic carbocycles. The number of benzene rings is 3. The molecule has 0 aromatic heterocycles. The van der Waals surface area contributed by atoms with Crippen LogP contribution in [-0.2, 0) is 0 Å². The molecule has 2 heterocycles. The molecule has 0 bridgehead atoms. The second kappa shape index (κ2) is 9.80. The lowest BCUT2D eigenvalue weighted by Crippen LogP contribution is -2.45. The number of piperidine rings is 1. The fraction of sp³-hybridized carbons (Fsp3) is 0.345. The summed E-state index contributed by atoms with van der Waals surface area (Å²) in [7, 11) is 1.64. The van der Waals surface area contributed by atoms with E-state index in [1.165, 1.54) is 24.0 Å². The van der Waals surface area contributed by atoms with Gasteiger partial charge in [-0.05, 0) is 61.2 Å². The van der Waals surface area contributed by atoms with Crippen molar-refractivity contribution in [1.82, 2.24) is 9.80 Å². The van der Waals surface area contributed by atoms with Gasteiger partial charge in [0, 0.05) is 30.6 Å². The monoisotopic (exact) mass is 440 g/mol. The third kappa shape index (κ3) is 4.67. The highest BCUT2D eigenvalue weighted by molar-refractivity contribution is 5.95. The van der Waals surface area contributed by atoms with E-state index in [1.54, 1.807) is 7.11 Å². The Morgan fingerprint density at radius 2 is 1.48 bits per heavy atom. The van der Waals surface area contributed by atoms with Crippen LogP contribution in [0.25, 0.3) is 0 Å². The predicted octanol–water partition coefficient (Wildman–Crippen LogP) is 5.18. The van der Waals surface area contributed by atoms with Crippen LogP contribution in [0.5, 0.6) is 5.75 Å². The van der Waals surface area contributed by atoms with Gasteiger partial charge in [-0.15, -0.1) is 0 Å². The van der Waals surface area contributed by atoms with Crippen LogP contribution in [0.2, 0.25) is 0 Å². The van der Waals surface area contributed by atoms with E-state index in [0.717, 1.165) is 31.9 Å². The molecule has 0 aliphatic carbocycles. The molecule has 4 nitrogen and oxygen atoms in total. The molecule has 2 saturated heterocycles. The van der Waals surface area contributed by atoms with Crippen molar-refractivity contribution in [3.63, 3.8) is 0 Å². The van der Waals surface area contributed by atoms with E-state index in [1.807, 2.05) is 29.2 Å². The lowest BCUT2D eigenvalue weighted by Gasteiger charge is -2.38. The van der Waals surface area contributed by atoms with Crippen LogP contribution < -0.4 is 4.74 Å². The fourth-order valence-electron chi connectivity index (χ4n) is 5.58. The van der Waals surface area contributed by atoms with E-state index in [-0.39, 0.29) is 5.91 Å². The summed E-state index contributed by atoms with van der Waals surface area (Å²) in [5.41, 5.74) is 3.48. The first-order valence-corrected chi connectivity index (χ1v) is 12.0. The van der Waals surface area contributed by atoms with Crippen molar-refractivity contribution in [2.45, 2.75) is 30.7 Å². The lowest BCUT2D eigenvalue weighted by atomic mass is 9.87. The van der Waals surface area contributed by atoms with Crippen molar-refractivity contribution in [2.75, 3.05) is 33.3 Å². The van der Waals surface area contributed by atoms with Gasteiger partial charge in [0.05, 0.1) is 7.11 Å². The zero-order valence-electron chi connectivity index (χ0n) is 19.3. The van der Waals surface area contributed by atoms with Gasteiger partial charge in [-0.3, -0.25) is 9.69 Å². The molecule has 4 heteroatoms.